The summed E-state index contributed by atoms with van der Waals surface area (Å²) in [5, 5.41) is 5.42. The van der Waals surface area contributed by atoms with Gasteiger partial charge in [0.2, 0.25) is 0 Å². The van der Waals surface area contributed by atoms with Crippen molar-refractivity contribution in [3.63, 3.8) is 0 Å². The van der Waals surface area contributed by atoms with E-state index in [1.165, 1.54) is 5.56 Å². The summed E-state index contributed by atoms with van der Waals surface area (Å²) in [7, 11) is 1.67. The van der Waals surface area contributed by atoms with Crippen LogP contribution in [-0.2, 0) is 13.0 Å². The molecule has 102 valence electrons. The van der Waals surface area contributed by atoms with Crippen LogP contribution in [0.3, 0.4) is 0 Å². The van der Waals surface area contributed by atoms with Crippen LogP contribution in [0.1, 0.15) is 5.56 Å². The lowest BCUT2D eigenvalue weighted by molar-refractivity contribution is 0.414. The molecule has 2 N–H and O–H groups in total. The molecule has 0 aliphatic heterocycles. The topological polar surface area (TPSA) is 53.1 Å². The van der Waals surface area contributed by atoms with Gasteiger partial charge in [-0.3, -0.25) is 4.68 Å². The molecule has 0 radical (unpaired) electrons. The largest absolute Gasteiger partial charge is 0.497 e. The lowest BCUT2D eigenvalue weighted by Gasteiger charge is -2.05. The highest BCUT2D eigenvalue weighted by Gasteiger charge is 2.06. The van der Waals surface area contributed by atoms with Crippen molar-refractivity contribution in [3.05, 3.63) is 54.1 Å². The first-order valence-electron chi connectivity index (χ1n) is 6.62. The summed E-state index contributed by atoms with van der Waals surface area (Å²) in [6.45, 7) is 0.810. The highest BCUT2D eigenvalue weighted by atomic mass is 16.5. The molecule has 4 heteroatoms. The second kappa shape index (κ2) is 5.25. The van der Waals surface area contributed by atoms with Crippen LogP contribution in [0.25, 0.3) is 10.9 Å². The molecular formula is C16H17N3O. The number of hydrogen-bond acceptors (Lipinski definition) is 3. The Hall–Kier alpha value is -2.49. The van der Waals surface area contributed by atoms with Crippen molar-refractivity contribution < 1.29 is 4.74 Å². The lowest BCUT2D eigenvalue weighted by atomic mass is 10.1. The van der Waals surface area contributed by atoms with E-state index in [1.54, 1.807) is 7.11 Å². The van der Waals surface area contributed by atoms with Crippen LogP contribution in [-0.4, -0.2) is 16.9 Å². The zero-order valence-electron chi connectivity index (χ0n) is 11.4. The Labute approximate surface area is 117 Å². The average Bonchev–Trinajstić information content (AvgIpc) is 2.83. The lowest BCUT2D eigenvalue weighted by Crippen LogP contribution is -2.03. The van der Waals surface area contributed by atoms with Crippen molar-refractivity contribution in [2.24, 2.45) is 0 Å². The third kappa shape index (κ3) is 2.32. The highest BCUT2D eigenvalue weighted by Crippen LogP contribution is 2.20. The second-order valence-electron chi connectivity index (χ2n) is 4.72. The minimum Gasteiger partial charge on any atom is -0.497 e. The van der Waals surface area contributed by atoms with Crippen LogP contribution in [0.5, 0.6) is 5.75 Å². The summed E-state index contributed by atoms with van der Waals surface area (Å²) in [4.78, 5) is 0. The summed E-state index contributed by atoms with van der Waals surface area (Å²) in [6, 6.07) is 16.1. The molecule has 0 saturated heterocycles. The van der Waals surface area contributed by atoms with Crippen LogP contribution in [0.15, 0.2) is 48.5 Å². The van der Waals surface area contributed by atoms with Crippen LogP contribution in [0.4, 0.5) is 5.82 Å². The van der Waals surface area contributed by atoms with Crippen molar-refractivity contribution in [2.45, 2.75) is 13.0 Å². The van der Waals surface area contributed by atoms with Gasteiger partial charge in [-0.2, -0.15) is 5.10 Å². The SMILES string of the molecule is COc1ccc(CCn2nc(N)c3ccccc32)cc1. The fraction of sp³-hybridized carbons (Fsp3) is 0.188. The number of aryl methyl sites for hydroxylation is 2. The second-order valence-corrected chi connectivity index (χ2v) is 4.72. The summed E-state index contributed by atoms with van der Waals surface area (Å²) >= 11 is 0. The number of methoxy groups -OCH3 is 1. The maximum Gasteiger partial charge on any atom is 0.153 e. The van der Waals surface area contributed by atoms with E-state index in [-0.39, 0.29) is 0 Å². The number of benzene rings is 2. The van der Waals surface area contributed by atoms with Gasteiger partial charge in [-0.15, -0.1) is 0 Å². The van der Waals surface area contributed by atoms with Gasteiger partial charge in [0.05, 0.1) is 12.6 Å². The Morgan fingerprint density at radius 2 is 1.85 bits per heavy atom. The van der Waals surface area contributed by atoms with E-state index in [9.17, 15) is 0 Å². The molecule has 2 aromatic carbocycles. The Bertz CT molecular complexity index is 716. The molecular weight excluding hydrogens is 250 g/mol. The molecule has 3 aromatic rings. The van der Waals surface area contributed by atoms with Gasteiger partial charge in [-0.25, -0.2) is 0 Å². The standard InChI is InChI=1S/C16H17N3O/c1-20-13-8-6-12(7-9-13)10-11-19-15-5-3-2-4-14(15)16(17)18-19/h2-9H,10-11H2,1H3,(H2,17,18). The van der Waals surface area contributed by atoms with Gasteiger partial charge in [0, 0.05) is 11.9 Å². The highest BCUT2D eigenvalue weighted by molar-refractivity contribution is 5.88. The maximum absolute atomic E-state index is 5.94. The monoisotopic (exact) mass is 267 g/mol. The third-order valence-corrected chi connectivity index (χ3v) is 3.46. The molecule has 0 saturated carbocycles. The van der Waals surface area contributed by atoms with E-state index in [0.29, 0.717) is 5.82 Å². The van der Waals surface area contributed by atoms with Crippen molar-refractivity contribution in [1.29, 1.82) is 0 Å². The van der Waals surface area contributed by atoms with Crippen molar-refractivity contribution >= 4 is 16.7 Å². The van der Waals surface area contributed by atoms with Gasteiger partial charge in [-0.05, 0) is 36.2 Å². The van der Waals surface area contributed by atoms with E-state index in [1.807, 2.05) is 41.1 Å². The molecule has 0 aliphatic carbocycles. The number of fused-ring (bicyclic) bond motifs is 1. The number of nitrogens with two attached hydrogens (primary N) is 1. The summed E-state index contributed by atoms with van der Waals surface area (Å²) in [5.74, 6) is 1.47. The molecule has 0 spiro atoms. The molecule has 3 rings (SSSR count). The average molecular weight is 267 g/mol. The molecule has 0 aliphatic rings. The molecule has 0 amide bonds. The van der Waals surface area contributed by atoms with Crippen molar-refractivity contribution in [1.82, 2.24) is 9.78 Å². The van der Waals surface area contributed by atoms with E-state index in [4.69, 9.17) is 10.5 Å². The Morgan fingerprint density at radius 3 is 2.60 bits per heavy atom. The van der Waals surface area contributed by atoms with Gasteiger partial charge >= 0.3 is 0 Å². The smallest absolute Gasteiger partial charge is 0.153 e. The van der Waals surface area contributed by atoms with Gasteiger partial charge in [0.1, 0.15) is 5.75 Å². The fourth-order valence-electron chi connectivity index (χ4n) is 2.35. The maximum atomic E-state index is 5.94. The molecule has 0 atom stereocenters. The number of hydrogen-bond donors (Lipinski definition) is 1. The molecule has 1 aromatic heterocycles. The number of anilines is 1. The summed E-state index contributed by atoms with van der Waals surface area (Å²) in [5.41, 5.74) is 8.27. The Balaban J connectivity index is 1.79. The van der Waals surface area contributed by atoms with Crippen LogP contribution in [0, 0.1) is 0 Å². The third-order valence-electron chi connectivity index (χ3n) is 3.46. The quantitative estimate of drug-likeness (QED) is 0.790. The molecule has 20 heavy (non-hydrogen) atoms. The number of rotatable bonds is 4. The van der Waals surface area contributed by atoms with Gasteiger partial charge in [-0.1, -0.05) is 24.3 Å². The number of nitrogen functional groups attached to an aromatic ring is 1. The number of aromatic nitrogens is 2. The predicted molar refractivity (Wildman–Crippen MR) is 80.8 cm³/mol. The minimum atomic E-state index is 0.593. The summed E-state index contributed by atoms with van der Waals surface area (Å²) in [6.07, 6.45) is 0.912. The number of para-hydroxylation sites is 1. The fourth-order valence-corrected chi connectivity index (χ4v) is 2.35. The zero-order chi connectivity index (χ0) is 13.9. The van der Waals surface area contributed by atoms with Crippen molar-refractivity contribution in [3.8, 4) is 5.75 Å². The minimum absolute atomic E-state index is 0.593. The molecule has 0 bridgehead atoms. The van der Waals surface area contributed by atoms with Gasteiger partial charge in [0.25, 0.3) is 0 Å². The van der Waals surface area contributed by atoms with Crippen LogP contribution < -0.4 is 10.5 Å². The first kappa shape index (κ1) is 12.5. The molecule has 0 fully saturated rings. The van der Waals surface area contributed by atoms with E-state index in [0.717, 1.165) is 29.6 Å². The van der Waals surface area contributed by atoms with Crippen molar-refractivity contribution in [2.75, 3.05) is 12.8 Å². The van der Waals surface area contributed by atoms with E-state index < -0.39 is 0 Å². The Kier molecular flexibility index (Phi) is 3.29. The first-order valence-corrected chi connectivity index (χ1v) is 6.62. The van der Waals surface area contributed by atoms with E-state index in [2.05, 4.69) is 17.2 Å². The number of nitrogens with zero attached hydrogens (tertiary/aromatic N) is 2. The number of ether oxygens (including phenoxy) is 1. The Morgan fingerprint density at radius 1 is 1.10 bits per heavy atom. The van der Waals surface area contributed by atoms with Crippen LogP contribution >= 0.6 is 0 Å². The predicted octanol–water partition coefficient (Wildman–Crippen LogP) is 2.87. The normalized spacial score (nSPS) is 10.8. The van der Waals surface area contributed by atoms with Crippen LogP contribution in [0.2, 0.25) is 0 Å². The van der Waals surface area contributed by atoms with Gasteiger partial charge in [0.15, 0.2) is 5.82 Å². The molecule has 1 heterocycles. The molecule has 0 unspecified atom stereocenters. The summed E-state index contributed by atoms with van der Waals surface area (Å²) < 4.78 is 7.13. The van der Waals surface area contributed by atoms with Gasteiger partial charge < -0.3 is 10.5 Å². The molecule has 4 nitrogen and oxygen atoms in total. The zero-order valence-corrected chi connectivity index (χ0v) is 11.4. The first-order chi connectivity index (χ1) is 9.78. The van der Waals surface area contributed by atoms with E-state index >= 15 is 0 Å².